The predicted octanol–water partition coefficient (Wildman–Crippen LogP) is 0.925. The van der Waals surface area contributed by atoms with Gasteiger partial charge in [-0.15, -0.1) is 0 Å². The fourth-order valence-corrected chi connectivity index (χ4v) is 1.48. The minimum absolute atomic E-state index is 0.154. The van der Waals surface area contributed by atoms with Crippen LogP contribution < -0.4 is 5.32 Å². The van der Waals surface area contributed by atoms with E-state index in [-0.39, 0.29) is 12.3 Å². The van der Waals surface area contributed by atoms with Crippen LogP contribution in [0.1, 0.15) is 19.8 Å². The van der Waals surface area contributed by atoms with Crippen LogP contribution in [0.3, 0.4) is 0 Å². The predicted molar refractivity (Wildman–Crippen MR) is 63.1 cm³/mol. The zero-order valence-electron chi connectivity index (χ0n) is 10.7. The second kappa shape index (κ2) is 9.09. The number of nitrogens with zero attached hydrogens (tertiary/aromatic N) is 1. The average molecular weight is 218 g/mol. The molecule has 0 aliphatic carbocycles. The molecule has 0 heterocycles. The van der Waals surface area contributed by atoms with Crippen molar-refractivity contribution in [3.63, 3.8) is 0 Å². The zero-order chi connectivity index (χ0) is 11.7. The van der Waals surface area contributed by atoms with Gasteiger partial charge in [-0.1, -0.05) is 0 Å². The van der Waals surface area contributed by atoms with Crippen molar-refractivity contribution in [2.75, 3.05) is 41.4 Å². The Morgan fingerprint density at radius 3 is 2.20 bits per heavy atom. The van der Waals surface area contributed by atoms with Gasteiger partial charge in [-0.2, -0.15) is 0 Å². The summed E-state index contributed by atoms with van der Waals surface area (Å²) in [7, 11) is 7.53. The van der Waals surface area contributed by atoms with Crippen LogP contribution >= 0.6 is 0 Å². The van der Waals surface area contributed by atoms with Crippen molar-refractivity contribution in [2.45, 2.75) is 32.1 Å². The van der Waals surface area contributed by atoms with Crippen LogP contribution in [0.15, 0.2) is 0 Å². The molecule has 1 N–H and O–H groups in total. The lowest BCUT2D eigenvalue weighted by atomic mass is 10.2. The summed E-state index contributed by atoms with van der Waals surface area (Å²) in [5.74, 6) is 0. The van der Waals surface area contributed by atoms with Gasteiger partial charge in [0.15, 0.2) is 6.29 Å². The van der Waals surface area contributed by atoms with E-state index in [0.717, 1.165) is 13.1 Å². The highest BCUT2D eigenvalue weighted by molar-refractivity contribution is 4.64. The van der Waals surface area contributed by atoms with Gasteiger partial charge in [0.05, 0.1) is 6.04 Å². The molecule has 0 aliphatic rings. The molecular weight excluding hydrogens is 192 g/mol. The van der Waals surface area contributed by atoms with Crippen LogP contribution in [-0.2, 0) is 9.47 Å². The molecule has 0 saturated heterocycles. The van der Waals surface area contributed by atoms with Gasteiger partial charge < -0.3 is 19.7 Å². The van der Waals surface area contributed by atoms with Crippen molar-refractivity contribution in [1.29, 1.82) is 0 Å². The first-order valence-corrected chi connectivity index (χ1v) is 5.55. The number of methoxy groups -OCH3 is 2. The fraction of sp³-hybridized carbons (Fsp3) is 1.00. The lowest BCUT2D eigenvalue weighted by Crippen LogP contribution is -2.40. The van der Waals surface area contributed by atoms with Crippen LogP contribution in [0.2, 0.25) is 0 Å². The molecule has 1 atom stereocenters. The first-order chi connectivity index (χ1) is 7.11. The van der Waals surface area contributed by atoms with E-state index in [1.165, 1.54) is 12.8 Å². The van der Waals surface area contributed by atoms with Crippen molar-refractivity contribution < 1.29 is 9.47 Å². The molecule has 4 heteroatoms. The van der Waals surface area contributed by atoms with Gasteiger partial charge >= 0.3 is 0 Å². The van der Waals surface area contributed by atoms with Crippen LogP contribution in [0, 0.1) is 0 Å². The molecule has 0 aromatic heterocycles. The van der Waals surface area contributed by atoms with Crippen LogP contribution in [0.4, 0.5) is 0 Å². The molecule has 0 rings (SSSR count). The summed E-state index contributed by atoms with van der Waals surface area (Å²) in [5.41, 5.74) is 0. The number of ether oxygens (including phenoxy) is 2. The second-order valence-corrected chi connectivity index (χ2v) is 4.09. The Morgan fingerprint density at radius 1 is 1.13 bits per heavy atom. The van der Waals surface area contributed by atoms with Crippen LogP contribution in [0.25, 0.3) is 0 Å². The Labute approximate surface area is 93.9 Å². The lowest BCUT2D eigenvalue weighted by Gasteiger charge is -2.22. The van der Waals surface area contributed by atoms with Crippen LogP contribution in [0.5, 0.6) is 0 Å². The Bertz CT molecular complexity index is 139. The monoisotopic (exact) mass is 218 g/mol. The smallest absolute Gasteiger partial charge is 0.171 e. The van der Waals surface area contributed by atoms with Crippen molar-refractivity contribution in [3.05, 3.63) is 0 Å². The lowest BCUT2D eigenvalue weighted by molar-refractivity contribution is -0.119. The number of unbranched alkanes of at least 4 members (excludes halogenated alkanes) is 1. The molecular formula is C11H26N2O2. The SMILES string of the molecule is COC(OC)C(C)NCCCCN(C)C. The maximum Gasteiger partial charge on any atom is 0.171 e. The van der Waals surface area contributed by atoms with E-state index in [1.807, 2.05) is 0 Å². The third-order valence-electron chi connectivity index (χ3n) is 2.37. The van der Waals surface area contributed by atoms with Gasteiger partial charge in [0.1, 0.15) is 0 Å². The third-order valence-corrected chi connectivity index (χ3v) is 2.37. The van der Waals surface area contributed by atoms with Gasteiger partial charge in [-0.25, -0.2) is 0 Å². The van der Waals surface area contributed by atoms with E-state index in [2.05, 4.69) is 31.2 Å². The maximum absolute atomic E-state index is 5.16. The molecule has 92 valence electrons. The number of hydrogen-bond donors (Lipinski definition) is 1. The maximum atomic E-state index is 5.16. The topological polar surface area (TPSA) is 33.7 Å². The van der Waals surface area contributed by atoms with E-state index in [4.69, 9.17) is 9.47 Å². The quantitative estimate of drug-likeness (QED) is 0.461. The Hall–Kier alpha value is -0.160. The summed E-state index contributed by atoms with van der Waals surface area (Å²) < 4.78 is 10.3. The van der Waals surface area contributed by atoms with Crippen molar-refractivity contribution in [2.24, 2.45) is 0 Å². The summed E-state index contributed by atoms with van der Waals surface area (Å²) in [5, 5.41) is 3.39. The first-order valence-electron chi connectivity index (χ1n) is 5.55. The molecule has 0 spiro atoms. The summed E-state index contributed by atoms with van der Waals surface area (Å²) in [4.78, 5) is 2.20. The van der Waals surface area contributed by atoms with E-state index < -0.39 is 0 Å². The molecule has 0 amide bonds. The van der Waals surface area contributed by atoms with Gasteiger partial charge in [0, 0.05) is 14.2 Å². The van der Waals surface area contributed by atoms with E-state index in [1.54, 1.807) is 14.2 Å². The fourth-order valence-electron chi connectivity index (χ4n) is 1.48. The normalized spacial score (nSPS) is 13.8. The molecule has 0 fully saturated rings. The third kappa shape index (κ3) is 7.73. The highest BCUT2D eigenvalue weighted by atomic mass is 16.7. The van der Waals surface area contributed by atoms with Crippen molar-refractivity contribution in [3.8, 4) is 0 Å². The largest absolute Gasteiger partial charge is 0.354 e. The summed E-state index contributed by atoms with van der Waals surface area (Å²) >= 11 is 0. The van der Waals surface area contributed by atoms with E-state index >= 15 is 0 Å². The number of hydrogen-bond acceptors (Lipinski definition) is 4. The average Bonchev–Trinajstić information content (AvgIpc) is 2.18. The Morgan fingerprint density at radius 2 is 1.73 bits per heavy atom. The van der Waals surface area contributed by atoms with Gasteiger partial charge in [0.25, 0.3) is 0 Å². The number of nitrogens with one attached hydrogen (secondary N) is 1. The highest BCUT2D eigenvalue weighted by Gasteiger charge is 2.13. The Kier molecular flexibility index (Phi) is 9.00. The van der Waals surface area contributed by atoms with Gasteiger partial charge in [0.2, 0.25) is 0 Å². The molecule has 0 bridgehead atoms. The molecule has 1 unspecified atom stereocenters. The summed E-state index contributed by atoms with van der Waals surface area (Å²) in [6.45, 7) is 4.23. The van der Waals surface area contributed by atoms with Crippen molar-refractivity contribution >= 4 is 0 Å². The molecule has 0 aromatic carbocycles. The molecule has 0 saturated carbocycles. The molecule has 15 heavy (non-hydrogen) atoms. The zero-order valence-corrected chi connectivity index (χ0v) is 10.7. The standard InChI is InChI=1S/C11H26N2O2/c1-10(11(14-4)15-5)12-8-6-7-9-13(2)3/h10-12H,6-9H2,1-5H3. The van der Waals surface area contributed by atoms with Gasteiger partial charge in [-0.05, 0) is 47.0 Å². The molecule has 0 radical (unpaired) electrons. The summed E-state index contributed by atoms with van der Waals surface area (Å²) in [6.07, 6.45) is 2.25. The van der Waals surface area contributed by atoms with E-state index in [0.29, 0.717) is 0 Å². The second-order valence-electron chi connectivity index (χ2n) is 4.09. The van der Waals surface area contributed by atoms with E-state index in [9.17, 15) is 0 Å². The highest BCUT2D eigenvalue weighted by Crippen LogP contribution is 1.99. The minimum atomic E-state index is -0.154. The summed E-state index contributed by atoms with van der Waals surface area (Å²) in [6, 6.07) is 0.236. The molecule has 0 aliphatic heterocycles. The first kappa shape index (κ1) is 14.8. The Balaban J connectivity index is 3.41. The van der Waals surface area contributed by atoms with Crippen molar-refractivity contribution in [1.82, 2.24) is 10.2 Å². The molecule has 0 aromatic rings. The van der Waals surface area contributed by atoms with Crippen LogP contribution in [-0.4, -0.2) is 58.6 Å². The minimum Gasteiger partial charge on any atom is -0.354 e. The number of rotatable bonds is 9. The van der Waals surface area contributed by atoms with Gasteiger partial charge in [-0.3, -0.25) is 0 Å². The molecule has 4 nitrogen and oxygen atoms in total.